The monoisotopic (exact) mass is 260 g/mol. The fourth-order valence-corrected chi connectivity index (χ4v) is 4.39. The highest BCUT2D eigenvalue weighted by Gasteiger charge is 2.40. The normalized spacial score (nSPS) is 32.9. The minimum absolute atomic E-state index is 0.137. The molecule has 0 spiro atoms. The third-order valence-electron chi connectivity index (χ3n) is 5.26. The summed E-state index contributed by atoms with van der Waals surface area (Å²) in [6.07, 6.45) is 8.12. The van der Waals surface area contributed by atoms with Crippen LogP contribution >= 0.6 is 0 Å². The van der Waals surface area contributed by atoms with Crippen LogP contribution in [0, 0.1) is 11.7 Å². The van der Waals surface area contributed by atoms with Crippen molar-refractivity contribution in [3.8, 4) is 0 Å². The first-order valence-electron chi connectivity index (χ1n) is 7.65. The Kier molecular flexibility index (Phi) is 2.68. The molecule has 1 aromatic rings. The first-order valence-corrected chi connectivity index (χ1v) is 7.65. The molecule has 4 rings (SSSR count). The molecule has 2 nitrogen and oxygen atoms in total. The van der Waals surface area contributed by atoms with E-state index in [1.807, 2.05) is 6.07 Å². The van der Waals surface area contributed by atoms with Gasteiger partial charge >= 0.3 is 0 Å². The number of anilines is 2. The van der Waals surface area contributed by atoms with Crippen LogP contribution in [0.5, 0.6) is 0 Å². The number of hydrogen-bond acceptors (Lipinski definition) is 2. The van der Waals surface area contributed by atoms with Crippen LogP contribution in [-0.2, 0) is 0 Å². The van der Waals surface area contributed by atoms with Crippen LogP contribution in [0.15, 0.2) is 18.2 Å². The van der Waals surface area contributed by atoms with Crippen LogP contribution in [0.3, 0.4) is 0 Å². The lowest BCUT2D eigenvalue weighted by Gasteiger charge is -2.52. The third-order valence-corrected chi connectivity index (χ3v) is 5.26. The quantitative estimate of drug-likeness (QED) is 0.763. The topological polar surface area (TPSA) is 15.3 Å². The predicted molar refractivity (Wildman–Crippen MR) is 76.1 cm³/mol. The summed E-state index contributed by atoms with van der Waals surface area (Å²) in [6, 6.07) is 6.53. The van der Waals surface area contributed by atoms with Crippen LogP contribution in [0.2, 0.25) is 0 Å². The molecule has 3 atom stereocenters. The lowest BCUT2D eigenvalue weighted by atomic mass is 9.75. The van der Waals surface area contributed by atoms with E-state index in [1.54, 1.807) is 12.1 Å². The maximum atomic E-state index is 13.4. The maximum Gasteiger partial charge on any atom is 0.125 e. The molecular formula is C16H21FN2. The van der Waals surface area contributed by atoms with Crippen molar-refractivity contribution in [2.75, 3.05) is 16.8 Å². The van der Waals surface area contributed by atoms with E-state index in [0.29, 0.717) is 12.1 Å². The van der Waals surface area contributed by atoms with Crippen molar-refractivity contribution in [2.24, 2.45) is 5.92 Å². The number of halogens is 1. The van der Waals surface area contributed by atoms with Crippen LogP contribution in [0.25, 0.3) is 0 Å². The van der Waals surface area contributed by atoms with Gasteiger partial charge in [-0.15, -0.1) is 0 Å². The molecule has 3 heteroatoms. The summed E-state index contributed by atoms with van der Waals surface area (Å²) in [5.41, 5.74) is 2.22. The second kappa shape index (κ2) is 4.39. The number of nitrogens with one attached hydrogen (secondary N) is 1. The number of piperidine rings is 1. The van der Waals surface area contributed by atoms with Crippen LogP contribution < -0.4 is 10.2 Å². The molecule has 2 aliphatic heterocycles. The largest absolute Gasteiger partial charge is 0.381 e. The van der Waals surface area contributed by atoms with E-state index in [2.05, 4.69) is 10.2 Å². The minimum atomic E-state index is -0.137. The second-order valence-electron chi connectivity index (χ2n) is 6.29. The SMILES string of the molecule is Fc1ccc2c(c1)NCC1CCC3CCCCC3N21. The summed E-state index contributed by atoms with van der Waals surface area (Å²) in [6.45, 7) is 0.972. The van der Waals surface area contributed by atoms with Gasteiger partial charge in [0.05, 0.1) is 11.4 Å². The molecular weight excluding hydrogens is 239 g/mol. The summed E-state index contributed by atoms with van der Waals surface area (Å²) in [4.78, 5) is 2.62. The van der Waals surface area contributed by atoms with Crippen molar-refractivity contribution in [1.82, 2.24) is 0 Å². The number of rotatable bonds is 0. The molecule has 2 heterocycles. The van der Waals surface area contributed by atoms with E-state index in [-0.39, 0.29) is 5.82 Å². The van der Waals surface area contributed by atoms with Gasteiger partial charge in [-0.25, -0.2) is 4.39 Å². The Bertz CT molecular complexity index is 488. The first kappa shape index (κ1) is 11.6. The molecule has 0 radical (unpaired) electrons. The Labute approximate surface area is 114 Å². The van der Waals surface area contributed by atoms with Gasteiger partial charge < -0.3 is 10.2 Å². The average Bonchev–Trinajstić information content (AvgIpc) is 2.46. The smallest absolute Gasteiger partial charge is 0.125 e. The molecule has 2 fully saturated rings. The molecule has 0 amide bonds. The zero-order valence-corrected chi connectivity index (χ0v) is 11.2. The molecule has 0 aromatic heterocycles. The average molecular weight is 260 g/mol. The first-order chi connectivity index (χ1) is 9.33. The number of hydrogen-bond donors (Lipinski definition) is 1. The zero-order valence-electron chi connectivity index (χ0n) is 11.2. The van der Waals surface area contributed by atoms with Crippen LogP contribution in [0.1, 0.15) is 38.5 Å². The molecule has 3 aliphatic rings. The number of fused-ring (bicyclic) bond motifs is 5. The summed E-state index contributed by atoms with van der Waals surface area (Å²) in [5.74, 6) is 0.725. The number of benzene rings is 1. The van der Waals surface area contributed by atoms with Crippen LogP contribution in [-0.4, -0.2) is 18.6 Å². The molecule has 19 heavy (non-hydrogen) atoms. The van der Waals surface area contributed by atoms with Crippen molar-refractivity contribution in [3.05, 3.63) is 24.0 Å². The molecule has 1 aliphatic carbocycles. The molecule has 0 bridgehead atoms. The van der Waals surface area contributed by atoms with Gasteiger partial charge in [-0.3, -0.25) is 0 Å². The molecule has 1 saturated heterocycles. The van der Waals surface area contributed by atoms with Gasteiger partial charge in [0.25, 0.3) is 0 Å². The summed E-state index contributed by atoms with van der Waals surface area (Å²) >= 11 is 0. The molecule has 1 aromatic carbocycles. The van der Waals surface area contributed by atoms with E-state index >= 15 is 0 Å². The van der Waals surface area contributed by atoms with E-state index in [0.717, 1.165) is 18.2 Å². The van der Waals surface area contributed by atoms with Crippen molar-refractivity contribution in [3.63, 3.8) is 0 Å². The Morgan fingerprint density at radius 2 is 2.00 bits per heavy atom. The fourth-order valence-electron chi connectivity index (χ4n) is 4.39. The number of nitrogens with zero attached hydrogens (tertiary/aromatic N) is 1. The summed E-state index contributed by atoms with van der Waals surface area (Å²) < 4.78 is 13.4. The van der Waals surface area contributed by atoms with Gasteiger partial charge in [-0.1, -0.05) is 12.8 Å². The lowest BCUT2D eigenvalue weighted by molar-refractivity contribution is 0.215. The van der Waals surface area contributed by atoms with Gasteiger partial charge in [0.2, 0.25) is 0 Å². The van der Waals surface area contributed by atoms with E-state index < -0.39 is 0 Å². The highest BCUT2D eigenvalue weighted by atomic mass is 19.1. The summed E-state index contributed by atoms with van der Waals surface area (Å²) in [5, 5.41) is 3.42. The standard InChI is InChI=1S/C16H21FN2/c17-12-6-8-16-14(9-12)18-10-13-7-5-11-3-1-2-4-15(11)19(13)16/h6,8-9,11,13,15,18H,1-5,7,10H2. The van der Waals surface area contributed by atoms with Gasteiger partial charge in [0, 0.05) is 18.6 Å². The Morgan fingerprint density at radius 3 is 2.95 bits per heavy atom. The maximum absolute atomic E-state index is 13.4. The lowest BCUT2D eigenvalue weighted by Crippen LogP contribution is -2.56. The van der Waals surface area contributed by atoms with Gasteiger partial charge in [-0.05, 0) is 49.8 Å². The Balaban J connectivity index is 1.74. The molecule has 1 N–H and O–H groups in total. The molecule has 3 unspecified atom stereocenters. The predicted octanol–water partition coefficient (Wildman–Crippen LogP) is 3.78. The van der Waals surface area contributed by atoms with Gasteiger partial charge in [0.1, 0.15) is 5.82 Å². The highest BCUT2D eigenvalue weighted by molar-refractivity contribution is 5.73. The minimum Gasteiger partial charge on any atom is -0.381 e. The highest BCUT2D eigenvalue weighted by Crippen LogP contribution is 2.44. The van der Waals surface area contributed by atoms with E-state index in [4.69, 9.17) is 0 Å². The van der Waals surface area contributed by atoms with Crippen molar-refractivity contribution >= 4 is 11.4 Å². The molecule has 102 valence electrons. The van der Waals surface area contributed by atoms with Crippen molar-refractivity contribution < 1.29 is 4.39 Å². The van der Waals surface area contributed by atoms with Gasteiger partial charge in [0.15, 0.2) is 0 Å². The second-order valence-corrected chi connectivity index (χ2v) is 6.29. The van der Waals surface area contributed by atoms with Gasteiger partial charge in [-0.2, -0.15) is 0 Å². The Morgan fingerprint density at radius 1 is 1.11 bits per heavy atom. The molecule has 1 saturated carbocycles. The van der Waals surface area contributed by atoms with E-state index in [1.165, 1.54) is 44.2 Å². The zero-order chi connectivity index (χ0) is 12.8. The fraction of sp³-hybridized carbons (Fsp3) is 0.625. The van der Waals surface area contributed by atoms with E-state index in [9.17, 15) is 4.39 Å². The van der Waals surface area contributed by atoms with Crippen molar-refractivity contribution in [2.45, 2.75) is 50.6 Å². The Hall–Kier alpha value is -1.25. The third kappa shape index (κ3) is 1.82. The summed E-state index contributed by atoms with van der Waals surface area (Å²) in [7, 11) is 0. The van der Waals surface area contributed by atoms with Crippen LogP contribution in [0.4, 0.5) is 15.8 Å². The van der Waals surface area contributed by atoms with Crippen molar-refractivity contribution in [1.29, 1.82) is 0 Å².